The third kappa shape index (κ3) is 5.46. The van der Waals surface area contributed by atoms with Gasteiger partial charge in [-0.05, 0) is 36.7 Å². The molecule has 0 saturated carbocycles. The number of aliphatic imine (C=N–C) groups is 1. The first-order valence-corrected chi connectivity index (χ1v) is 10.5. The molecule has 1 aliphatic rings. The van der Waals surface area contributed by atoms with Gasteiger partial charge in [0, 0.05) is 18.1 Å². The number of nitrogens with zero attached hydrogens (tertiary/aromatic N) is 2. The molecule has 158 valence electrons. The number of esters is 1. The molecule has 0 saturated heterocycles. The van der Waals surface area contributed by atoms with E-state index < -0.39 is 24.0 Å². The van der Waals surface area contributed by atoms with Gasteiger partial charge in [-0.2, -0.15) is 0 Å². The maximum absolute atomic E-state index is 12.9. The van der Waals surface area contributed by atoms with E-state index in [4.69, 9.17) is 16.3 Å². The minimum absolute atomic E-state index is 0.255. The van der Waals surface area contributed by atoms with E-state index in [0.717, 1.165) is 17.7 Å². The first-order chi connectivity index (χ1) is 14.5. The second-order valence-electron chi connectivity index (χ2n) is 7.10. The van der Waals surface area contributed by atoms with Crippen molar-refractivity contribution in [1.29, 1.82) is 0 Å². The fourth-order valence-electron chi connectivity index (χ4n) is 3.57. The molecule has 0 spiro atoms. The fraction of sp³-hybridized carbons (Fsp3) is 0.348. The van der Waals surface area contributed by atoms with Gasteiger partial charge < -0.3 is 10.1 Å². The highest BCUT2D eigenvalue weighted by Crippen LogP contribution is 2.29. The van der Waals surface area contributed by atoms with Crippen molar-refractivity contribution in [3.05, 3.63) is 70.7 Å². The van der Waals surface area contributed by atoms with Crippen molar-refractivity contribution >= 4 is 29.3 Å². The van der Waals surface area contributed by atoms with Crippen LogP contribution in [0.2, 0.25) is 5.02 Å². The quantitative estimate of drug-likeness (QED) is 0.639. The Hall–Kier alpha value is -2.70. The summed E-state index contributed by atoms with van der Waals surface area (Å²) in [7, 11) is 0. The van der Waals surface area contributed by atoms with E-state index in [1.165, 1.54) is 0 Å². The highest BCUT2D eigenvalue weighted by Gasteiger charge is 2.40. The molecule has 30 heavy (non-hydrogen) atoms. The summed E-state index contributed by atoms with van der Waals surface area (Å²) in [6, 6.07) is 16.2. The average Bonchev–Trinajstić information content (AvgIpc) is 2.74. The van der Waals surface area contributed by atoms with Crippen molar-refractivity contribution in [2.24, 2.45) is 10.9 Å². The van der Waals surface area contributed by atoms with E-state index >= 15 is 0 Å². The molecule has 2 aromatic carbocycles. The Kier molecular flexibility index (Phi) is 7.60. The molecule has 1 heterocycles. The predicted octanol–water partition coefficient (Wildman–Crippen LogP) is 4.25. The molecule has 0 fully saturated rings. The normalized spacial score (nSPS) is 18.7. The maximum atomic E-state index is 12.9. The second-order valence-corrected chi connectivity index (χ2v) is 7.54. The Bertz CT molecular complexity index is 900. The largest absolute Gasteiger partial charge is 0.465 e. The number of carbonyl (C=O) groups is 2. The predicted molar refractivity (Wildman–Crippen MR) is 118 cm³/mol. The lowest BCUT2D eigenvalue weighted by Crippen LogP contribution is -2.48. The molecule has 0 aromatic heterocycles. The third-order valence-electron chi connectivity index (χ3n) is 5.07. The van der Waals surface area contributed by atoms with Crippen LogP contribution < -0.4 is 5.32 Å². The molecule has 0 bridgehead atoms. The van der Waals surface area contributed by atoms with Gasteiger partial charge in [0.25, 0.3) is 0 Å². The number of carbonyl (C=O) groups excluding carboxylic acids is 2. The molecule has 1 N–H and O–H groups in total. The minimum atomic E-state index is -0.700. The molecule has 7 heteroatoms. The summed E-state index contributed by atoms with van der Waals surface area (Å²) in [4.78, 5) is 31.6. The van der Waals surface area contributed by atoms with Crippen molar-refractivity contribution in [2.75, 3.05) is 19.7 Å². The zero-order valence-corrected chi connectivity index (χ0v) is 17.9. The molecule has 1 aliphatic heterocycles. The van der Waals surface area contributed by atoms with Crippen molar-refractivity contribution in [2.45, 2.75) is 26.4 Å². The lowest BCUT2D eigenvalue weighted by atomic mass is 9.87. The van der Waals surface area contributed by atoms with E-state index in [1.54, 1.807) is 19.1 Å². The lowest BCUT2D eigenvalue weighted by molar-refractivity contribution is -0.146. The van der Waals surface area contributed by atoms with Gasteiger partial charge in [0.1, 0.15) is 5.92 Å². The number of amides is 2. The molecule has 6 nitrogen and oxygen atoms in total. The molecular formula is C23H26ClN3O3. The average molecular weight is 428 g/mol. The first-order valence-electron chi connectivity index (χ1n) is 10.1. The zero-order valence-electron chi connectivity index (χ0n) is 17.2. The van der Waals surface area contributed by atoms with E-state index in [1.807, 2.05) is 37.3 Å². The standard InChI is InChI=1S/C23H26ClN3O3/c1-3-27(14-16-8-6-5-7-9-16)15-19-20(22(28)30-4-2)21(26-23(29)25-19)17-10-12-18(24)13-11-17/h5-13,20-21H,3-4,14-15H2,1-2H3,(H,26,29). The molecule has 0 aliphatic carbocycles. The molecule has 3 rings (SSSR count). The summed E-state index contributed by atoms with van der Waals surface area (Å²) in [5.74, 6) is -1.10. The Morgan fingerprint density at radius 2 is 1.80 bits per heavy atom. The van der Waals surface area contributed by atoms with Gasteiger partial charge in [0.2, 0.25) is 0 Å². The number of rotatable bonds is 8. The van der Waals surface area contributed by atoms with E-state index in [9.17, 15) is 9.59 Å². The monoisotopic (exact) mass is 427 g/mol. The Morgan fingerprint density at radius 3 is 2.43 bits per heavy atom. The molecule has 2 amide bonds. The summed E-state index contributed by atoms with van der Waals surface area (Å²) in [5, 5.41) is 3.41. The molecule has 2 aromatic rings. The summed E-state index contributed by atoms with van der Waals surface area (Å²) >= 11 is 6.01. The molecule has 2 unspecified atom stereocenters. The number of benzene rings is 2. The van der Waals surface area contributed by atoms with Crippen molar-refractivity contribution in [1.82, 2.24) is 10.2 Å². The van der Waals surface area contributed by atoms with Crippen LogP contribution in [0.3, 0.4) is 0 Å². The number of urea groups is 1. The van der Waals surface area contributed by atoms with Crippen LogP contribution in [0.1, 0.15) is 31.0 Å². The van der Waals surface area contributed by atoms with Gasteiger partial charge >= 0.3 is 12.0 Å². The SMILES string of the molecule is CCOC(=O)C1C(CN(CC)Cc2ccccc2)=NC(=O)NC1c1ccc(Cl)cc1. The van der Waals surface area contributed by atoms with Crippen molar-refractivity contribution in [3.63, 3.8) is 0 Å². The minimum Gasteiger partial charge on any atom is -0.465 e. The highest BCUT2D eigenvalue weighted by molar-refractivity contribution is 6.30. The number of halogens is 1. The maximum Gasteiger partial charge on any atom is 0.341 e. The summed E-state index contributed by atoms with van der Waals surface area (Å²) < 4.78 is 5.34. The molecule has 0 radical (unpaired) electrons. The summed E-state index contributed by atoms with van der Waals surface area (Å²) in [6.45, 7) is 5.90. The first kappa shape index (κ1) is 22.0. The second kappa shape index (κ2) is 10.4. The molecular weight excluding hydrogens is 402 g/mol. The fourth-order valence-corrected chi connectivity index (χ4v) is 3.70. The van der Waals surface area contributed by atoms with Gasteiger partial charge in [-0.1, -0.05) is 61.0 Å². The van der Waals surface area contributed by atoms with Crippen LogP contribution in [0.15, 0.2) is 59.6 Å². The number of hydrogen-bond acceptors (Lipinski definition) is 4. The summed E-state index contributed by atoms with van der Waals surface area (Å²) in [5.41, 5.74) is 2.45. The number of ether oxygens (including phenoxy) is 1. The van der Waals surface area contributed by atoms with Gasteiger partial charge in [0.05, 0.1) is 18.4 Å². The van der Waals surface area contributed by atoms with Gasteiger partial charge in [0.15, 0.2) is 0 Å². The highest BCUT2D eigenvalue weighted by atomic mass is 35.5. The van der Waals surface area contributed by atoms with Crippen LogP contribution in [0.25, 0.3) is 0 Å². The van der Waals surface area contributed by atoms with E-state index in [-0.39, 0.29) is 6.61 Å². The Labute approximate surface area is 181 Å². The smallest absolute Gasteiger partial charge is 0.341 e. The van der Waals surface area contributed by atoms with Gasteiger partial charge in [-0.3, -0.25) is 9.69 Å². The topological polar surface area (TPSA) is 71.0 Å². The van der Waals surface area contributed by atoms with Crippen LogP contribution in [-0.4, -0.2) is 42.3 Å². The van der Waals surface area contributed by atoms with E-state index in [2.05, 4.69) is 27.3 Å². The van der Waals surface area contributed by atoms with Crippen molar-refractivity contribution in [3.8, 4) is 0 Å². The van der Waals surface area contributed by atoms with Crippen LogP contribution in [0.5, 0.6) is 0 Å². The Morgan fingerprint density at radius 1 is 1.10 bits per heavy atom. The number of hydrogen-bond donors (Lipinski definition) is 1. The molecule has 2 atom stereocenters. The number of nitrogens with one attached hydrogen (secondary N) is 1. The van der Waals surface area contributed by atoms with Crippen LogP contribution >= 0.6 is 11.6 Å². The van der Waals surface area contributed by atoms with Crippen molar-refractivity contribution < 1.29 is 14.3 Å². The van der Waals surface area contributed by atoms with Gasteiger partial charge in [-0.15, -0.1) is 0 Å². The zero-order chi connectivity index (χ0) is 21.5. The lowest BCUT2D eigenvalue weighted by Gasteiger charge is -2.33. The van der Waals surface area contributed by atoms with E-state index in [0.29, 0.717) is 23.8 Å². The Balaban J connectivity index is 1.89. The third-order valence-corrected chi connectivity index (χ3v) is 5.32. The van der Waals surface area contributed by atoms with Gasteiger partial charge in [-0.25, -0.2) is 9.79 Å². The van der Waals surface area contributed by atoms with Crippen LogP contribution in [0.4, 0.5) is 4.79 Å². The van der Waals surface area contributed by atoms with Crippen LogP contribution in [0, 0.1) is 5.92 Å². The summed E-state index contributed by atoms with van der Waals surface area (Å²) in [6.07, 6.45) is 0. The van der Waals surface area contributed by atoms with Crippen LogP contribution in [-0.2, 0) is 16.1 Å².